The van der Waals surface area contributed by atoms with E-state index in [2.05, 4.69) is 35.1 Å². The van der Waals surface area contributed by atoms with Gasteiger partial charge in [0.05, 0.1) is 18.8 Å². The zero-order chi connectivity index (χ0) is 29.6. The molecule has 2 N–H and O–H groups in total. The van der Waals surface area contributed by atoms with Crippen molar-refractivity contribution in [3.63, 3.8) is 0 Å². The van der Waals surface area contributed by atoms with Gasteiger partial charge in [0, 0.05) is 31.7 Å². The Balaban J connectivity index is 1.15. The molecule has 0 spiro atoms. The number of rotatable bonds is 10. The summed E-state index contributed by atoms with van der Waals surface area (Å²) in [7, 11) is 0. The number of nitrogens with zero attached hydrogens (tertiary/aromatic N) is 2. The molecule has 10 nitrogen and oxygen atoms in total. The van der Waals surface area contributed by atoms with E-state index in [4.69, 9.17) is 14.0 Å². The van der Waals surface area contributed by atoms with Crippen molar-refractivity contribution in [2.24, 2.45) is 0 Å². The molecule has 1 aromatic heterocycles. The minimum absolute atomic E-state index is 0.0723. The minimum Gasteiger partial charge on any atom is -0.489 e. The molecular formula is C32H36N4O6. The Labute approximate surface area is 243 Å². The molecule has 0 bridgehead atoms. The molecule has 1 saturated heterocycles. The normalized spacial score (nSPS) is 17.2. The van der Waals surface area contributed by atoms with Gasteiger partial charge in [-0.05, 0) is 78.9 Å². The van der Waals surface area contributed by atoms with Gasteiger partial charge >= 0.3 is 11.4 Å². The number of aryl methyl sites for hydroxylation is 1. The predicted octanol–water partition coefficient (Wildman–Crippen LogP) is 3.57. The third-order valence-corrected chi connectivity index (χ3v) is 7.22. The van der Waals surface area contributed by atoms with Crippen molar-refractivity contribution in [2.75, 3.05) is 26.2 Å². The van der Waals surface area contributed by atoms with Gasteiger partial charge in [-0.3, -0.25) is 9.69 Å². The van der Waals surface area contributed by atoms with Crippen LogP contribution in [0.4, 0.5) is 0 Å². The lowest BCUT2D eigenvalue weighted by Crippen LogP contribution is -2.47. The van der Waals surface area contributed by atoms with Gasteiger partial charge in [0.2, 0.25) is 0 Å². The highest BCUT2D eigenvalue weighted by molar-refractivity contribution is 5.95. The fourth-order valence-electron chi connectivity index (χ4n) is 5.30. The first-order chi connectivity index (χ1) is 20.2. The number of amides is 1. The predicted molar refractivity (Wildman–Crippen MR) is 159 cm³/mol. The molecule has 4 aromatic rings. The first-order valence-electron chi connectivity index (χ1n) is 14.1. The summed E-state index contributed by atoms with van der Waals surface area (Å²) in [6.07, 6.45) is 0.414. The van der Waals surface area contributed by atoms with Crippen LogP contribution in [-0.4, -0.2) is 58.9 Å². The van der Waals surface area contributed by atoms with Crippen LogP contribution in [-0.2, 0) is 17.9 Å². The summed E-state index contributed by atoms with van der Waals surface area (Å²) >= 11 is 0. The standard InChI is InChI=1S/C32H36N4O6/c1-21-15-27(30(37)33-13-14-35-17-22(2)41-23(3)18-35)9-12-29(21)26-6-4-5-25(16-26)20-40-28-10-7-24(8-11-28)19-36-31(38)34-32(39)42-36/h4-12,15-16,22-23H,13-14,17-20H2,1-3H3,(H,33,37)(H,34,38,39)/t22-,23+. The average molecular weight is 573 g/mol. The Morgan fingerprint density at radius 3 is 2.45 bits per heavy atom. The summed E-state index contributed by atoms with van der Waals surface area (Å²) < 4.78 is 17.5. The Kier molecular flexibility index (Phi) is 9.04. The minimum atomic E-state index is -0.779. The van der Waals surface area contributed by atoms with E-state index in [1.165, 1.54) is 0 Å². The van der Waals surface area contributed by atoms with Crippen molar-refractivity contribution in [3.8, 4) is 16.9 Å². The molecule has 0 radical (unpaired) electrons. The highest BCUT2D eigenvalue weighted by Crippen LogP contribution is 2.26. The van der Waals surface area contributed by atoms with E-state index < -0.39 is 11.4 Å². The van der Waals surface area contributed by atoms with Crippen LogP contribution in [0.3, 0.4) is 0 Å². The van der Waals surface area contributed by atoms with Crippen molar-refractivity contribution >= 4 is 5.91 Å². The number of carbonyl (C=O) groups excluding carboxylic acids is 1. The van der Waals surface area contributed by atoms with Crippen LogP contribution in [0.15, 0.2) is 80.8 Å². The largest absolute Gasteiger partial charge is 0.489 e. The molecule has 2 heterocycles. The van der Waals surface area contributed by atoms with Crippen molar-refractivity contribution in [3.05, 3.63) is 110 Å². The Hall–Kier alpha value is -4.41. The Morgan fingerprint density at radius 1 is 1.00 bits per heavy atom. The highest BCUT2D eigenvalue weighted by Gasteiger charge is 2.21. The molecule has 2 atom stereocenters. The van der Waals surface area contributed by atoms with E-state index >= 15 is 0 Å². The summed E-state index contributed by atoms with van der Waals surface area (Å²) in [4.78, 5) is 40.0. The number of ether oxygens (including phenoxy) is 2. The number of benzene rings is 3. The van der Waals surface area contributed by atoms with Crippen LogP contribution < -0.4 is 21.5 Å². The van der Waals surface area contributed by atoms with Gasteiger partial charge in [-0.1, -0.05) is 36.4 Å². The van der Waals surface area contributed by atoms with Crippen molar-refractivity contribution in [2.45, 2.75) is 46.1 Å². The van der Waals surface area contributed by atoms with Gasteiger partial charge in [-0.15, -0.1) is 4.74 Å². The van der Waals surface area contributed by atoms with Gasteiger partial charge in [0.25, 0.3) is 5.91 Å². The summed E-state index contributed by atoms with van der Waals surface area (Å²) in [5, 5.41) is 3.05. The van der Waals surface area contributed by atoms with Crippen molar-refractivity contribution in [1.29, 1.82) is 0 Å². The van der Waals surface area contributed by atoms with Gasteiger partial charge in [0.1, 0.15) is 12.4 Å². The summed E-state index contributed by atoms with van der Waals surface area (Å²) in [5.74, 6) is -0.175. The third-order valence-electron chi connectivity index (χ3n) is 7.22. The number of nitrogens with one attached hydrogen (secondary N) is 2. The second-order valence-electron chi connectivity index (χ2n) is 10.8. The molecule has 1 fully saturated rings. The molecule has 3 aromatic carbocycles. The fourth-order valence-corrected chi connectivity index (χ4v) is 5.30. The maximum absolute atomic E-state index is 12.8. The molecular weight excluding hydrogens is 536 g/mol. The van der Waals surface area contributed by atoms with E-state index in [0.29, 0.717) is 24.5 Å². The van der Waals surface area contributed by atoms with Crippen LogP contribution in [0.25, 0.3) is 11.1 Å². The number of hydrogen-bond acceptors (Lipinski definition) is 7. The first kappa shape index (κ1) is 29.1. The van der Waals surface area contributed by atoms with E-state index in [1.54, 1.807) is 0 Å². The fraction of sp³-hybridized carbons (Fsp3) is 0.344. The average Bonchev–Trinajstić information content (AvgIpc) is 3.28. The smallest absolute Gasteiger partial charge is 0.440 e. The number of carbonyl (C=O) groups is 1. The number of H-pyrrole nitrogens is 1. The number of hydrogen-bond donors (Lipinski definition) is 2. The van der Waals surface area contributed by atoms with Crippen LogP contribution in [0, 0.1) is 6.92 Å². The number of aromatic nitrogens is 2. The molecule has 0 aliphatic carbocycles. The van der Waals surface area contributed by atoms with Gasteiger partial charge in [-0.25, -0.2) is 14.6 Å². The molecule has 42 heavy (non-hydrogen) atoms. The van der Waals surface area contributed by atoms with Crippen molar-refractivity contribution < 1.29 is 18.8 Å². The molecule has 1 aliphatic heterocycles. The second-order valence-corrected chi connectivity index (χ2v) is 10.8. The summed E-state index contributed by atoms with van der Waals surface area (Å²) in [6, 6.07) is 21.2. The number of aromatic amines is 1. The van der Waals surface area contributed by atoms with Crippen LogP contribution in [0.5, 0.6) is 5.75 Å². The molecule has 10 heteroatoms. The zero-order valence-electron chi connectivity index (χ0n) is 24.1. The van der Waals surface area contributed by atoms with Crippen LogP contribution in [0.2, 0.25) is 0 Å². The lowest BCUT2D eigenvalue weighted by molar-refractivity contribution is -0.0672. The SMILES string of the molecule is Cc1cc(C(=O)NCCN2C[C@@H](C)O[C@@H](C)C2)ccc1-c1cccc(COc2ccc(Cn3oc(=O)[nH]c3=O)cc2)c1. The molecule has 220 valence electrons. The molecule has 1 amide bonds. The van der Waals surface area contributed by atoms with Gasteiger partial charge in [0.15, 0.2) is 0 Å². The van der Waals surface area contributed by atoms with Gasteiger partial charge in [-0.2, -0.15) is 0 Å². The quantitative estimate of drug-likeness (QED) is 0.298. The molecule has 0 saturated carbocycles. The summed E-state index contributed by atoms with van der Waals surface area (Å²) in [6.45, 7) is 9.84. The van der Waals surface area contributed by atoms with E-state index in [0.717, 1.165) is 52.2 Å². The first-order valence-corrected chi connectivity index (χ1v) is 14.1. The van der Waals surface area contributed by atoms with E-state index in [-0.39, 0.29) is 24.7 Å². The zero-order valence-corrected chi connectivity index (χ0v) is 24.1. The van der Waals surface area contributed by atoms with Gasteiger partial charge < -0.3 is 19.3 Å². The van der Waals surface area contributed by atoms with E-state index in [1.807, 2.05) is 67.6 Å². The maximum atomic E-state index is 12.8. The Morgan fingerprint density at radius 2 is 1.76 bits per heavy atom. The third kappa shape index (κ3) is 7.45. The maximum Gasteiger partial charge on any atom is 0.440 e. The Bertz CT molecular complexity index is 1630. The van der Waals surface area contributed by atoms with Crippen molar-refractivity contribution in [1.82, 2.24) is 19.9 Å². The lowest BCUT2D eigenvalue weighted by Gasteiger charge is -2.35. The molecule has 5 rings (SSSR count). The monoisotopic (exact) mass is 572 g/mol. The highest BCUT2D eigenvalue weighted by atomic mass is 16.5. The van der Waals surface area contributed by atoms with Crippen LogP contribution >= 0.6 is 0 Å². The topological polar surface area (TPSA) is 119 Å². The van der Waals surface area contributed by atoms with Crippen LogP contribution in [0.1, 0.15) is 40.9 Å². The molecule has 0 unspecified atom stereocenters. The number of morpholine rings is 1. The lowest BCUT2D eigenvalue weighted by atomic mass is 9.97. The summed E-state index contributed by atoms with van der Waals surface area (Å²) in [5.41, 5.74) is 4.98. The second kappa shape index (κ2) is 13.1. The molecule has 1 aliphatic rings. The van der Waals surface area contributed by atoms with E-state index in [9.17, 15) is 14.4 Å².